The molecular formula is C22H26BrN3O3S. The van der Waals surface area contributed by atoms with E-state index in [1.54, 1.807) is 17.0 Å². The van der Waals surface area contributed by atoms with Crippen molar-refractivity contribution in [1.82, 2.24) is 10.2 Å². The van der Waals surface area contributed by atoms with Gasteiger partial charge in [0.1, 0.15) is 5.75 Å². The van der Waals surface area contributed by atoms with Crippen LogP contribution >= 0.6 is 28.1 Å². The molecule has 0 atom stereocenters. The van der Waals surface area contributed by atoms with E-state index in [0.29, 0.717) is 31.0 Å². The summed E-state index contributed by atoms with van der Waals surface area (Å²) in [6.07, 6.45) is 2.02. The van der Waals surface area contributed by atoms with Crippen LogP contribution in [0.15, 0.2) is 53.0 Å². The van der Waals surface area contributed by atoms with E-state index in [9.17, 15) is 9.59 Å². The number of nitrogens with two attached hydrogens (primary N) is 1. The maximum absolute atomic E-state index is 12.9. The van der Waals surface area contributed by atoms with Crippen LogP contribution in [0.2, 0.25) is 0 Å². The summed E-state index contributed by atoms with van der Waals surface area (Å²) in [7, 11) is 0. The lowest BCUT2D eigenvalue weighted by Gasteiger charge is -2.25. The molecule has 0 saturated carbocycles. The van der Waals surface area contributed by atoms with Gasteiger partial charge < -0.3 is 15.4 Å². The van der Waals surface area contributed by atoms with Crippen molar-refractivity contribution >= 4 is 45.1 Å². The molecule has 160 valence electrons. The minimum atomic E-state index is -0.430. The number of hydrogen-bond acceptors (Lipinski definition) is 4. The second-order valence-corrected chi connectivity index (χ2v) is 8.03. The zero-order valence-electron chi connectivity index (χ0n) is 16.9. The number of unbranched alkanes of at least 4 members (excludes halogenated alkanes) is 1. The Morgan fingerprint density at radius 3 is 2.60 bits per heavy atom. The molecule has 0 aliphatic heterocycles. The fraction of sp³-hybridized carbons (Fsp3) is 0.318. The third kappa shape index (κ3) is 7.76. The fourth-order valence-electron chi connectivity index (χ4n) is 2.68. The Hall–Kier alpha value is -2.45. The van der Waals surface area contributed by atoms with Crippen molar-refractivity contribution in [3.05, 3.63) is 64.1 Å². The number of carbonyl (C=O) groups excluding carboxylic acids is 2. The molecule has 2 amide bonds. The molecule has 3 N–H and O–H groups in total. The summed E-state index contributed by atoms with van der Waals surface area (Å²) in [6, 6.07) is 15.0. The first-order valence-electron chi connectivity index (χ1n) is 9.75. The maximum Gasteiger partial charge on any atom is 0.261 e. The lowest BCUT2D eigenvalue weighted by Crippen LogP contribution is -2.43. The number of nitrogens with zero attached hydrogens (tertiary/aromatic N) is 1. The highest BCUT2D eigenvalue weighted by atomic mass is 79.9. The molecule has 2 rings (SSSR count). The molecule has 2 aromatic rings. The number of hydrogen-bond donors (Lipinski definition) is 2. The van der Waals surface area contributed by atoms with Gasteiger partial charge in [-0.25, -0.2) is 0 Å². The van der Waals surface area contributed by atoms with E-state index >= 15 is 0 Å². The van der Waals surface area contributed by atoms with E-state index in [0.717, 1.165) is 22.9 Å². The number of thiocarbonyl (C=S) groups is 1. The van der Waals surface area contributed by atoms with E-state index in [4.69, 9.17) is 22.7 Å². The van der Waals surface area contributed by atoms with Crippen molar-refractivity contribution in [2.24, 2.45) is 5.73 Å². The number of amides is 2. The molecule has 0 heterocycles. The molecule has 0 radical (unpaired) electrons. The molecule has 0 aromatic heterocycles. The van der Waals surface area contributed by atoms with Crippen molar-refractivity contribution in [1.29, 1.82) is 0 Å². The molecule has 0 aliphatic carbocycles. The zero-order valence-corrected chi connectivity index (χ0v) is 19.3. The molecule has 8 heteroatoms. The smallest absolute Gasteiger partial charge is 0.261 e. The zero-order chi connectivity index (χ0) is 21.9. The number of carbonyl (C=O) groups is 2. The summed E-state index contributed by atoms with van der Waals surface area (Å²) in [5, 5.41) is 2.99. The number of rotatable bonds is 10. The van der Waals surface area contributed by atoms with Crippen LogP contribution in [-0.2, 0) is 11.3 Å². The van der Waals surface area contributed by atoms with Gasteiger partial charge in [0.15, 0.2) is 5.11 Å². The van der Waals surface area contributed by atoms with Crippen LogP contribution in [-0.4, -0.2) is 35.0 Å². The summed E-state index contributed by atoms with van der Waals surface area (Å²) < 4.78 is 6.53. The molecule has 2 aromatic carbocycles. The molecule has 0 unspecified atom stereocenters. The largest absolute Gasteiger partial charge is 0.493 e. The Labute approximate surface area is 190 Å². The maximum atomic E-state index is 12.9. The lowest BCUT2D eigenvalue weighted by atomic mass is 10.2. The summed E-state index contributed by atoms with van der Waals surface area (Å²) in [6.45, 7) is 3.36. The standard InChI is InChI=1S/C22H26BrN3O3S/c1-2-3-13-29-19-10-9-17(23)14-18(19)21(28)25-22(30)26(12-11-20(24)27)15-16-7-5-4-6-8-16/h4-10,14H,2-3,11-13,15H2,1H3,(H2,24,27)(H,25,28,30). The van der Waals surface area contributed by atoms with Gasteiger partial charge in [-0.1, -0.05) is 59.6 Å². The first kappa shape index (κ1) is 23.8. The Bertz CT molecular complexity index is 877. The number of ether oxygens (including phenoxy) is 1. The highest BCUT2D eigenvalue weighted by molar-refractivity contribution is 9.10. The van der Waals surface area contributed by atoms with E-state index < -0.39 is 5.91 Å². The molecule has 30 heavy (non-hydrogen) atoms. The van der Waals surface area contributed by atoms with Gasteiger partial charge in [0, 0.05) is 24.0 Å². The molecular weight excluding hydrogens is 466 g/mol. The topological polar surface area (TPSA) is 84.7 Å². The van der Waals surface area contributed by atoms with E-state index in [1.165, 1.54) is 0 Å². The Kier molecular flexibility index (Phi) is 9.76. The fourth-order valence-corrected chi connectivity index (χ4v) is 3.29. The van der Waals surface area contributed by atoms with Crippen molar-refractivity contribution in [2.75, 3.05) is 13.2 Å². The summed E-state index contributed by atoms with van der Waals surface area (Å²) in [5.41, 5.74) is 6.69. The van der Waals surface area contributed by atoms with Gasteiger partial charge in [-0.3, -0.25) is 14.9 Å². The Morgan fingerprint density at radius 2 is 1.93 bits per heavy atom. The van der Waals surface area contributed by atoms with Crippen molar-refractivity contribution in [3.8, 4) is 5.75 Å². The van der Waals surface area contributed by atoms with E-state index in [-0.39, 0.29) is 17.4 Å². The van der Waals surface area contributed by atoms with E-state index in [1.807, 2.05) is 36.4 Å². The highest BCUT2D eigenvalue weighted by Gasteiger charge is 2.18. The van der Waals surface area contributed by atoms with Crippen LogP contribution in [0, 0.1) is 0 Å². The van der Waals surface area contributed by atoms with Crippen molar-refractivity contribution in [3.63, 3.8) is 0 Å². The van der Waals surface area contributed by atoms with Gasteiger partial charge in [0.2, 0.25) is 5.91 Å². The summed E-state index contributed by atoms with van der Waals surface area (Å²) >= 11 is 8.87. The second kappa shape index (κ2) is 12.3. The van der Waals surface area contributed by atoms with Crippen LogP contribution in [0.4, 0.5) is 0 Å². The predicted molar refractivity (Wildman–Crippen MR) is 125 cm³/mol. The highest BCUT2D eigenvalue weighted by Crippen LogP contribution is 2.23. The minimum absolute atomic E-state index is 0.130. The van der Waals surface area contributed by atoms with Gasteiger partial charge >= 0.3 is 0 Å². The molecule has 0 bridgehead atoms. The number of nitrogens with one attached hydrogen (secondary N) is 1. The predicted octanol–water partition coefficient (Wildman–Crippen LogP) is 4.02. The quantitative estimate of drug-likeness (QED) is 0.387. The molecule has 6 nitrogen and oxygen atoms in total. The average molecular weight is 492 g/mol. The van der Waals surface area contributed by atoms with E-state index in [2.05, 4.69) is 28.2 Å². The number of primary amides is 1. The minimum Gasteiger partial charge on any atom is -0.493 e. The molecule has 0 spiro atoms. The second-order valence-electron chi connectivity index (χ2n) is 6.73. The number of halogens is 1. The number of benzene rings is 2. The average Bonchev–Trinajstić information content (AvgIpc) is 2.72. The van der Waals surface area contributed by atoms with Gasteiger partial charge in [-0.2, -0.15) is 0 Å². The normalized spacial score (nSPS) is 10.3. The van der Waals surface area contributed by atoms with Gasteiger partial charge in [-0.05, 0) is 42.4 Å². The molecule has 0 fully saturated rings. The first-order chi connectivity index (χ1) is 14.4. The Balaban J connectivity index is 2.14. The summed E-state index contributed by atoms with van der Waals surface area (Å²) in [4.78, 5) is 26.0. The van der Waals surface area contributed by atoms with Crippen LogP contribution in [0.25, 0.3) is 0 Å². The van der Waals surface area contributed by atoms with Crippen LogP contribution in [0.1, 0.15) is 42.1 Å². The first-order valence-corrected chi connectivity index (χ1v) is 11.0. The summed E-state index contributed by atoms with van der Waals surface area (Å²) in [5.74, 6) is -0.301. The van der Waals surface area contributed by atoms with Gasteiger partial charge in [-0.15, -0.1) is 0 Å². The lowest BCUT2D eigenvalue weighted by molar-refractivity contribution is -0.118. The third-order valence-electron chi connectivity index (χ3n) is 4.29. The van der Waals surface area contributed by atoms with Gasteiger partial charge in [0.25, 0.3) is 5.91 Å². The third-order valence-corrected chi connectivity index (χ3v) is 5.15. The molecule has 0 aliphatic rings. The van der Waals surface area contributed by atoms with Crippen LogP contribution < -0.4 is 15.8 Å². The SMILES string of the molecule is CCCCOc1ccc(Br)cc1C(=O)NC(=S)N(CCC(N)=O)Cc1ccccc1. The van der Waals surface area contributed by atoms with Crippen molar-refractivity contribution < 1.29 is 14.3 Å². The monoisotopic (exact) mass is 491 g/mol. The van der Waals surface area contributed by atoms with Crippen LogP contribution in [0.5, 0.6) is 5.75 Å². The molecule has 0 saturated heterocycles. The van der Waals surface area contributed by atoms with Crippen molar-refractivity contribution in [2.45, 2.75) is 32.7 Å². The van der Waals surface area contributed by atoms with Crippen LogP contribution in [0.3, 0.4) is 0 Å². The van der Waals surface area contributed by atoms with Gasteiger partial charge in [0.05, 0.1) is 12.2 Å². The Morgan fingerprint density at radius 1 is 1.20 bits per heavy atom.